The summed E-state index contributed by atoms with van der Waals surface area (Å²) in [5.41, 5.74) is 1.01. The fourth-order valence-corrected chi connectivity index (χ4v) is 3.39. The van der Waals surface area contributed by atoms with Gasteiger partial charge in [-0.3, -0.25) is 9.69 Å². The van der Waals surface area contributed by atoms with Gasteiger partial charge in [-0.15, -0.1) is 0 Å². The number of rotatable bonds is 2. The number of hydrogen-bond donors (Lipinski definition) is 0. The fraction of sp³-hybridized carbons (Fsp3) is 0.0667. The highest BCUT2D eigenvalue weighted by Crippen LogP contribution is 2.32. The van der Waals surface area contributed by atoms with Crippen molar-refractivity contribution in [1.29, 1.82) is 0 Å². The van der Waals surface area contributed by atoms with Crippen LogP contribution in [-0.4, -0.2) is 22.2 Å². The van der Waals surface area contributed by atoms with Crippen molar-refractivity contribution in [1.82, 2.24) is 4.90 Å². The molecular weight excluding hydrogens is 417 g/mol. The molecule has 1 aliphatic heterocycles. The topological polar surface area (TPSA) is 33.5 Å². The first kappa shape index (κ1) is 14.8. The van der Waals surface area contributed by atoms with E-state index in [2.05, 4.69) is 22.6 Å². The lowest BCUT2D eigenvalue weighted by molar-refractivity contribution is -0.121. The molecule has 0 atom stereocenters. The largest absolute Gasteiger partial charge is 0.457 e. The summed E-state index contributed by atoms with van der Waals surface area (Å²) in [4.78, 5) is 14.0. The standard InChI is InChI=1S/C15H10INO2S2/c1-17-14(18)13(21-15(17)20)8-11-6-7-12(19-11)9-2-4-10(16)5-3-9/h2-8H,1H3/b13-8+. The van der Waals surface area contributed by atoms with Gasteiger partial charge in [0.15, 0.2) is 0 Å². The number of thioether (sulfide) groups is 1. The van der Waals surface area contributed by atoms with E-state index in [1.54, 1.807) is 13.1 Å². The molecule has 0 unspecified atom stereocenters. The summed E-state index contributed by atoms with van der Waals surface area (Å²) in [7, 11) is 1.68. The average molecular weight is 427 g/mol. The van der Waals surface area contributed by atoms with Crippen molar-refractivity contribution in [2.24, 2.45) is 0 Å². The molecule has 0 radical (unpaired) electrons. The first-order chi connectivity index (χ1) is 10.0. The van der Waals surface area contributed by atoms with Crippen molar-refractivity contribution in [3.63, 3.8) is 0 Å². The highest BCUT2D eigenvalue weighted by Gasteiger charge is 2.28. The minimum atomic E-state index is -0.0859. The Bertz CT molecular complexity index is 749. The third-order valence-corrected chi connectivity index (χ3v) is 5.22. The number of carbonyl (C=O) groups is 1. The number of halogens is 1. The summed E-state index contributed by atoms with van der Waals surface area (Å²) in [6.07, 6.45) is 1.74. The zero-order valence-electron chi connectivity index (χ0n) is 11.0. The molecule has 0 spiro atoms. The van der Waals surface area contributed by atoms with Crippen LogP contribution < -0.4 is 0 Å². The number of carbonyl (C=O) groups excluding carboxylic acids is 1. The summed E-state index contributed by atoms with van der Waals surface area (Å²) < 4.78 is 7.53. The van der Waals surface area contributed by atoms with Gasteiger partial charge in [0.25, 0.3) is 5.91 Å². The van der Waals surface area contributed by atoms with E-state index in [-0.39, 0.29) is 5.91 Å². The van der Waals surface area contributed by atoms with E-state index < -0.39 is 0 Å². The molecule has 1 aliphatic rings. The van der Waals surface area contributed by atoms with Gasteiger partial charge in [0.1, 0.15) is 15.8 Å². The van der Waals surface area contributed by atoms with Gasteiger partial charge in [-0.2, -0.15) is 0 Å². The van der Waals surface area contributed by atoms with Crippen LogP contribution in [0.15, 0.2) is 45.7 Å². The van der Waals surface area contributed by atoms with E-state index in [4.69, 9.17) is 16.6 Å². The number of likely N-dealkylation sites (N-methyl/N-ethyl adjacent to an activating group) is 1. The van der Waals surface area contributed by atoms with Crippen LogP contribution in [0.5, 0.6) is 0 Å². The van der Waals surface area contributed by atoms with Crippen LogP contribution in [0.2, 0.25) is 0 Å². The maximum atomic E-state index is 11.9. The van der Waals surface area contributed by atoms with Crippen molar-refractivity contribution in [3.05, 3.63) is 50.6 Å². The predicted octanol–water partition coefficient (Wildman–Crippen LogP) is 4.38. The molecule has 0 bridgehead atoms. The maximum Gasteiger partial charge on any atom is 0.266 e. The van der Waals surface area contributed by atoms with Gasteiger partial charge in [0.05, 0.1) is 4.91 Å². The normalized spacial score (nSPS) is 17.0. The molecule has 2 aromatic rings. The lowest BCUT2D eigenvalue weighted by Gasteiger charge is -2.03. The third kappa shape index (κ3) is 3.07. The van der Waals surface area contributed by atoms with Gasteiger partial charge >= 0.3 is 0 Å². The van der Waals surface area contributed by atoms with Crippen molar-refractivity contribution in [2.45, 2.75) is 0 Å². The average Bonchev–Trinajstić information content (AvgIpc) is 3.02. The van der Waals surface area contributed by atoms with Crippen LogP contribution in [0.4, 0.5) is 0 Å². The monoisotopic (exact) mass is 427 g/mol. The van der Waals surface area contributed by atoms with Crippen LogP contribution in [0.3, 0.4) is 0 Å². The molecule has 1 aromatic heterocycles. The molecule has 3 rings (SSSR count). The van der Waals surface area contributed by atoms with Gasteiger partial charge in [-0.05, 0) is 46.9 Å². The van der Waals surface area contributed by atoms with Crippen molar-refractivity contribution in [2.75, 3.05) is 7.05 Å². The molecule has 1 fully saturated rings. The summed E-state index contributed by atoms with van der Waals surface area (Å²) in [5, 5.41) is 0. The van der Waals surface area contributed by atoms with Gasteiger partial charge in [-0.25, -0.2) is 0 Å². The molecular formula is C15H10INO2S2. The molecule has 1 amide bonds. The summed E-state index contributed by atoms with van der Waals surface area (Å²) in [6.45, 7) is 0. The third-order valence-electron chi connectivity index (χ3n) is 3.02. The van der Waals surface area contributed by atoms with Crippen molar-refractivity contribution in [3.8, 4) is 11.3 Å². The zero-order chi connectivity index (χ0) is 15.0. The zero-order valence-corrected chi connectivity index (χ0v) is 14.8. The van der Waals surface area contributed by atoms with E-state index >= 15 is 0 Å². The second-order valence-corrected chi connectivity index (χ2v) is 7.37. The Morgan fingerprint density at radius 3 is 2.57 bits per heavy atom. The number of hydrogen-bond acceptors (Lipinski definition) is 4. The quantitative estimate of drug-likeness (QED) is 0.405. The van der Waals surface area contributed by atoms with E-state index in [9.17, 15) is 4.79 Å². The number of nitrogens with zero attached hydrogens (tertiary/aromatic N) is 1. The Morgan fingerprint density at radius 2 is 1.95 bits per heavy atom. The van der Waals surface area contributed by atoms with Crippen molar-refractivity contribution >= 4 is 62.9 Å². The lowest BCUT2D eigenvalue weighted by atomic mass is 10.2. The minimum absolute atomic E-state index is 0.0859. The molecule has 1 aromatic carbocycles. The van der Waals surface area contributed by atoms with Crippen LogP contribution in [0, 0.1) is 3.57 Å². The second kappa shape index (κ2) is 5.94. The lowest BCUT2D eigenvalue weighted by Crippen LogP contribution is -2.22. The van der Waals surface area contributed by atoms with Gasteiger partial charge in [0, 0.05) is 22.3 Å². The molecule has 3 nitrogen and oxygen atoms in total. The number of amides is 1. The first-order valence-electron chi connectivity index (χ1n) is 6.12. The van der Waals surface area contributed by atoms with Gasteiger partial charge in [-0.1, -0.05) is 36.1 Å². The summed E-state index contributed by atoms with van der Waals surface area (Å²) in [6, 6.07) is 11.8. The molecule has 106 valence electrons. The Kier molecular flexibility index (Phi) is 4.19. The summed E-state index contributed by atoms with van der Waals surface area (Å²) >= 11 is 8.66. The van der Waals surface area contributed by atoms with Crippen LogP contribution >= 0.6 is 46.6 Å². The number of thiocarbonyl (C=S) groups is 1. The van der Waals surface area contributed by atoms with Crippen LogP contribution in [0.25, 0.3) is 17.4 Å². The SMILES string of the molecule is CN1C(=O)/C(=C\c2ccc(-c3ccc(I)cc3)o2)SC1=S. The van der Waals surface area contributed by atoms with E-state index in [1.807, 2.05) is 36.4 Å². The smallest absolute Gasteiger partial charge is 0.266 e. The van der Waals surface area contributed by atoms with E-state index in [1.165, 1.54) is 20.2 Å². The predicted molar refractivity (Wildman–Crippen MR) is 97.8 cm³/mol. The molecule has 0 saturated carbocycles. The van der Waals surface area contributed by atoms with E-state index in [0.717, 1.165) is 11.3 Å². The highest BCUT2D eigenvalue weighted by molar-refractivity contribution is 14.1. The number of benzene rings is 1. The Labute approximate surface area is 145 Å². The molecule has 0 aliphatic carbocycles. The fourth-order valence-electron chi connectivity index (χ4n) is 1.87. The van der Waals surface area contributed by atoms with Gasteiger partial charge in [0.2, 0.25) is 0 Å². The Balaban J connectivity index is 1.87. The maximum absolute atomic E-state index is 11.9. The molecule has 21 heavy (non-hydrogen) atoms. The number of furan rings is 1. The van der Waals surface area contributed by atoms with Gasteiger partial charge < -0.3 is 4.42 Å². The van der Waals surface area contributed by atoms with Crippen LogP contribution in [-0.2, 0) is 4.79 Å². The summed E-state index contributed by atoms with van der Waals surface area (Å²) in [5.74, 6) is 1.35. The molecule has 1 saturated heterocycles. The molecule has 2 heterocycles. The Hall–Kier alpha value is -1.12. The van der Waals surface area contributed by atoms with Crippen LogP contribution in [0.1, 0.15) is 5.76 Å². The molecule has 6 heteroatoms. The Morgan fingerprint density at radius 1 is 1.24 bits per heavy atom. The molecule has 0 N–H and O–H groups in total. The van der Waals surface area contributed by atoms with Crippen molar-refractivity contribution < 1.29 is 9.21 Å². The van der Waals surface area contributed by atoms with E-state index in [0.29, 0.717) is 15.0 Å². The minimum Gasteiger partial charge on any atom is -0.457 e. The highest BCUT2D eigenvalue weighted by atomic mass is 127. The second-order valence-electron chi connectivity index (χ2n) is 4.45. The first-order valence-corrected chi connectivity index (χ1v) is 8.42.